The highest BCUT2D eigenvalue weighted by Crippen LogP contribution is 2.63. The fraction of sp³-hybridized carbons (Fsp3) is 0.387. The van der Waals surface area contributed by atoms with Crippen LogP contribution in [0.15, 0.2) is 66.7 Å². The van der Waals surface area contributed by atoms with E-state index in [0.29, 0.717) is 17.9 Å². The number of amides is 1. The lowest BCUT2D eigenvalue weighted by molar-refractivity contribution is 0.102. The fourth-order valence-corrected chi connectivity index (χ4v) is 7.21. The second-order valence-corrected chi connectivity index (χ2v) is 10.4. The lowest BCUT2D eigenvalue weighted by Crippen LogP contribution is -2.35. The van der Waals surface area contributed by atoms with Gasteiger partial charge >= 0.3 is 0 Å². The van der Waals surface area contributed by atoms with E-state index in [1.807, 2.05) is 6.07 Å². The van der Waals surface area contributed by atoms with E-state index >= 15 is 0 Å². The summed E-state index contributed by atoms with van der Waals surface area (Å²) in [6.45, 7) is 4.29. The molecule has 3 aromatic carbocycles. The molecule has 5 atom stereocenters. The van der Waals surface area contributed by atoms with Crippen molar-refractivity contribution in [2.24, 2.45) is 17.8 Å². The summed E-state index contributed by atoms with van der Waals surface area (Å²) < 4.78 is 0. The summed E-state index contributed by atoms with van der Waals surface area (Å²) >= 11 is 0. The molecule has 2 bridgehead atoms. The average molecular weight is 451 g/mol. The van der Waals surface area contributed by atoms with Crippen molar-refractivity contribution in [2.45, 2.75) is 57.9 Å². The van der Waals surface area contributed by atoms with E-state index in [1.54, 1.807) is 0 Å². The molecule has 1 aliphatic heterocycles. The summed E-state index contributed by atoms with van der Waals surface area (Å²) in [4.78, 5) is 13.4. The molecule has 174 valence electrons. The Morgan fingerprint density at radius 2 is 1.65 bits per heavy atom. The predicted molar refractivity (Wildman–Crippen MR) is 139 cm³/mol. The summed E-state index contributed by atoms with van der Waals surface area (Å²) in [5.74, 6) is 2.68. The molecule has 3 heteroatoms. The van der Waals surface area contributed by atoms with Gasteiger partial charge in [0.25, 0.3) is 5.91 Å². The first-order valence-corrected chi connectivity index (χ1v) is 13.1. The number of benzene rings is 3. The number of aryl methyl sites for hydroxylation is 2. The van der Waals surface area contributed by atoms with Crippen LogP contribution in [0.3, 0.4) is 0 Å². The Kier molecular flexibility index (Phi) is 5.44. The van der Waals surface area contributed by atoms with Crippen molar-refractivity contribution in [3.63, 3.8) is 0 Å². The van der Waals surface area contributed by atoms with Gasteiger partial charge in [0.2, 0.25) is 0 Å². The van der Waals surface area contributed by atoms with E-state index in [-0.39, 0.29) is 5.91 Å². The molecule has 1 amide bonds. The summed E-state index contributed by atoms with van der Waals surface area (Å²) in [6.07, 6.45) is 5.82. The van der Waals surface area contributed by atoms with Gasteiger partial charge in [-0.2, -0.15) is 0 Å². The number of fused-ring (bicyclic) bond motifs is 7. The molecule has 3 aliphatic rings. The molecule has 1 heterocycles. The quantitative estimate of drug-likeness (QED) is 0.426. The van der Waals surface area contributed by atoms with Gasteiger partial charge in [-0.05, 0) is 96.2 Å². The minimum atomic E-state index is 0.00305. The largest absolute Gasteiger partial charge is 0.378 e. The Balaban J connectivity index is 1.35. The van der Waals surface area contributed by atoms with Gasteiger partial charge in [-0.1, -0.05) is 62.4 Å². The molecule has 0 radical (unpaired) electrons. The number of carbonyl (C=O) groups excluding carboxylic acids is 1. The maximum Gasteiger partial charge on any atom is 0.255 e. The molecule has 2 N–H and O–H groups in total. The van der Waals surface area contributed by atoms with Crippen LogP contribution in [0.1, 0.15) is 77.7 Å². The van der Waals surface area contributed by atoms with Crippen molar-refractivity contribution >= 4 is 17.3 Å². The van der Waals surface area contributed by atoms with E-state index in [0.717, 1.165) is 35.9 Å². The Morgan fingerprint density at radius 1 is 0.912 bits per heavy atom. The fourth-order valence-electron chi connectivity index (χ4n) is 7.21. The minimum Gasteiger partial charge on any atom is -0.378 e. The Labute approximate surface area is 203 Å². The molecule has 0 spiro atoms. The Hall–Kier alpha value is -3.07. The molecule has 3 aromatic rings. The van der Waals surface area contributed by atoms with Crippen molar-refractivity contribution in [3.05, 3.63) is 94.5 Å². The second-order valence-electron chi connectivity index (χ2n) is 10.4. The number of carbonyl (C=O) groups is 1. The van der Waals surface area contributed by atoms with Crippen LogP contribution < -0.4 is 10.6 Å². The summed E-state index contributed by atoms with van der Waals surface area (Å²) in [5.41, 5.74) is 8.13. The van der Waals surface area contributed by atoms with E-state index < -0.39 is 0 Å². The predicted octanol–water partition coefficient (Wildman–Crippen LogP) is 7.36. The third-order valence-corrected chi connectivity index (χ3v) is 8.75. The molecule has 0 saturated heterocycles. The zero-order valence-corrected chi connectivity index (χ0v) is 20.2. The molecule has 0 unspecified atom stereocenters. The van der Waals surface area contributed by atoms with Gasteiger partial charge in [-0.25, -0.2) is 0 Å². The summed E-state index contributed by atoms with van der Waals surface area (Å²) in [6, 6.07) is 24.0. The third kappa shape index (κ3) is 3.45. The van der Waals surface area contributed by atoms with Crippen LogP contribution in [0.25, 0.3) is 0 Å². The van der Waals surface area contributed by atoms with E-state index in [4.69, 9.17) is 0 Å². The van der Waals surface area contributed by atoms with Gasteiger partial charge in [0.05, 0.1) is 6.04 Å². The molecular formula is C31H34N2O. The van der Waals surface area contributed by atoms with Crippen LogP contribution in [0.4, 0.5) is 11.4 Å². The molecule has 3 nitrogen and oxygen atoms in total. The highest BCUT2D eigenvalue weighted by molar-refractivity contribution is 6.05. The van der Waals surface area contributed by atoms with Crippen molar-refractivity contribution in [2.75, 3.05) is 10.6 Å². The number of nitrogens with one attached hydrogen (secondary N) is 2. The van der Waals surface area contributed by atoms with Gasteiger partial charge < -0.3 is 10.6 Å². The molecule has 6 rings (SSSR count). The van der Waals surface area contributed by atoms with Crippen molar-refractivity contribution < 1.29 is 4.79 Å². The van der Waals surface area contributed by atoms with Crippen LogP contribution in [0, 0.1) is 17.8 Å². The van der Waals surface area contributed by atoms with Crippen molar-refractivity contribution in [1.82, 2.24) is 0 Å². The Morgan fingerprint density at radius 3 is 2.38 bits per heavy atom. The third-order valence-electron chi connectivity index (χ3n) is 8.75. The van der Waals surface area contributed by atoms with Crippen molar-refractivity contribution in [1.29, 1.82) is 0 Å². The number of hydrogen-bond acceptors (Lipinski definition) is 2. The van der Waals surface area contributed by atoms with E-state index in [9.17, 15) is 4.79 Å². The monoisotopic (exact) mass is 450 g/mol. The average Bonchev–Trinajstić information content (AvgIpc) is 3.51. The lowest BCUT2D eigenvalue weighted by Gasteiger charge is -2.43. The van der Waals surface area contributed by atoms with Crippen LogP contribution in [0.2, 0.25) is 0 Å². The van der Waals surface area contributed by atoms with Crippen LogP contribution in [-0.4, -0.2) is 5.91 Å². The van der Waals surface area contributed by atoms with Crippen LogP contribution in [-0.2, 0) is 12.8 Å². The molecular weight excluding hydrogens is 416 g/mol. The number of rotatable bonds is 5. The zero-order valence-electron chi connectivity index (χ0n) is 20.2. The maximum absolute atomic E-state index is 13.4. The zero-order chi connectivity index (χ0) is 23.2. The van der Waals surface area contributed by atoms with Crippen LogP contribution >= 0.6 is 0 Å². The highest BCUT2D eigenvalue weighted by atomic mass is 16.1. The maximum atomic E-state index is 13.4. The van der Waals surface area contributed by atoms with Gasteiger partial charge in [0.1, 0.15) is 0 Å². The number of para-hydroxylation sites is 1. The van der Waals surface area contributed by atoms with E-state index in [2.05, 4.69) is 85.1 Å². The minimum absolute atomic E-state index is 0.00305. The Bertz CT molecular complexity index is 1200. The molecule has 2 saturated carbocycles. The molecule has 0 aromatic heterocycles. The normalized spacial score (nSPS) is 26.5. The summed E-state index contributed by atoms with van der Waals surface area (Å²) in [7, 11) is 0. The van der Waals surface area contributed by atoms with Crippen LogP contribution in [0.5, 0.6) is 0 Å². The smallest absolute Gasteiger partial charge is 0.255 e. The van der Waals surface area contributed by atoms with Gasteiger partial charge in [0, 0.05) is 16.9 Å². The number of anilines is 2. The first-order valence-electron chi connectivity index (χ1n) is 13.1. The topological polar surface area (TPSA) is 41.1 Å². The highest BCUT2D eigenvalue weighted by Gasteiger charge is 2.53. The second kappa shape index (κ2) is 8.61. The lowest BCUT2D eigenvalue weighted by atomic mass is 9.68. The van der Waals surface area contributed by atoms with Gasteiger partial charge in [0.15, 0.2) is 0 Å². The van der Waals surface area contributed by atoms with Crippen molar-refractivity contribution in [3.8, 4) is 0 Å². The molecule has 2 fully saturated rings. The molecule has 2 aliphatic carbocycles. The first-order chi connectivity index (χ1) is 16.7. The van der Waals surface area contributed by atoms with Gasteiger partial charge in [-0.15, -0.1) is 0 Å². The number of hydrogen-bond donors (Lipinski definition) is 2. The molecule has 34 heavy (non-hydrogen) atoms. The SMILES string of the molecule is CCc1cccc(CC)c1NC(=O)c1ccc2c(c1)[C@@H]1[C@H]3CC[C@@H](C3)[C@@H]1[C@@H](c1ccccc1)N2. The van der Waals surface area contributed by atoms with E-state index in [1.165, 1.54) is 47.2 Å². The standard InChI is InChI=1S/C31H34N2O/c1-3-19-11-8-12-20(4-2)29(19)33-31(34)24-15-16-26-25(18-24)27-22-13-14-23(17-22)28(27)30(32-26)21-9-6-5-7-10-21/h5-12,15-16,18,22-23,27-28,30,32H,3-4,13-14,17H2,1-2H3,(H,33,34)/t22-,23-,27-,28-,30+/m0/s1. The first kappa shape index (κ1) is 21.5. The van der Waals surface area contributed by atoms with Gasteiger partial charge in [-0.3, -0.25) is 4.79 Å². The summed E-state index contributed by atoms with van der Waals surface area (Å²) in [5, 5.41) is 7.16.